The molecular weight excluding hydrogens is 267 g/mol. The quantitative estimate of drug-likeness (QED) is 0.740. The predicted molar refractivity (Wildman–Crippen MR) is 72.3 cm³/mol. The largest absolute Gasteiger partial charge is 0.416 e. The number of alkyl halides is 3. The molecule has 0 spiro atoms. The lowest BCUT2D eigenvalue weighted by atomic mass is 10.0. The Kier molecular flexibility index (Phi) is 6.71. The van der Waals surface area contributed by atoms with Crippen LogP contribution in [0, 0.1) is 0 Å². The zero-order chi connectivity index (χ0) is 15.0. The number of hydrogen-bond donors (Lipinski definition) is 1. The van der Waals surface area contributed by atoms with Crippen LogP contribution >= 0.6 is 0 Å². The van der Waals surface area contributed by atoms with Crippen LogP contribution in [0.1, 0.15) is 43.2 Å². The number of rotatable bonds is 8. The average molecular weight is 287 g/mol. The van der Waals surface area contributed by atoms with E-state index >= 15 is 0 Å². The van der Waals surface area contributed by atoms with Gasteiger partial charge in [0.15, 0.2) is 0 Å². The molecule has 0 aliphatic heterocycles. The third kappa shape index (κ3) is 6.19. The minimum Gasteiger partial charge on any atom is -0.330 e. The summed E-state index contributed by atoms with van der Waals surface area (Å²) in [7, 11) is 0. The molecule has 20 heavy (non-hydrogen) atoms. The second-order valence-electron chi connectivity index (χ2n) is 4.86. The first-order valence-corrected chi connectivity index (χ1v) is 6.81. The third-order valence-corrected chi connectivity index (χ3v) is 3.09. The van der Waals surface area contributed by atoms with Gasteiger partial charge >= 0.3 is 6.18 Å². The molecule has 0 aromatic heterocycles. The summed E-state index contributed by atoms with van der Waals surface area (Å²) in [6.07, 6.45) is 0.124. The topological polar surface area (TPSA) is 43.1 Å². The van der Waals surface area contributed by atoms with Crippen molar-refractivity contribution in [2.75, 3.05) is 6.54 Å². The van der Waals surface area contributed by atoms with Gasteiger partial charge in [0, 0.05) is 12.8 Å². The van der Waals surface area contributed by atoms with Crippen LogP contribution in [0.25, 0.3) is 0 Å². The molecule has 112 valence electrons. The third-order valence-electron chi connectivity index (χ3n) is 3.09. The van der Waals surface area contributed by atoms with Gasteiger partial charge in [0.25, 0.3) is 0 Å². The number of nitrogens with two attached hydrogens (primary N) is 1. The van der Waals surface area contributed by atoms with E-state index in [0.29, 0.717) is 18.5 Å². The van der Waals surface area contributed by atoms with Crippen molar-refractivity contribution >= 4 is 5.78 Å². The van der Waals surface area contributed by atoms with Gasteiger partial charge in [-0.1, -0.05) is 25.0 Å². The van der Waals surface area contributed by atoms with Gasteiger partial charge in [0.1, 0.15) is 5.78 Å². The number of carbonyl (C=O) groups excluding carboxylic acids is 1. The number of hydrogen-bond acceptors (Lipinski definition) is 2. The minimum atomic E-state index is -4.33. The number of Topliss-reactive ketones (excluding diaryl/α,β-unsaturated/α-hetero) is 1. The molecule has 1 aromatic rings. The summed E-state index contributed by atoms with van der Waals surface area (Å²) < 4.78 is 37.1. The Morgan fingerprint density at radius 3 is 2.15 bits per heavy atom. The summed E-state index contributed by atoms with van der Waals surface area (Å²) in [5, 5.41) is 0. The second-order valence-corrected chi connectivity index (χ2v) is 4.86. The molecule has 0 aliphatic rings. The predicted octanol–water partition coefficient (Wildman–Crippen LogP) is 3.73. The SMILES string of the molecule is NCCCCCCC(=O)Cc1ccc(C(F)(F)F)cc1. The van der Waals surface area contributed by atoms with Crippen molar-refractivity contribution in [2.24, 2.45) is 5.73 Å². The molecule has 1 aromatic carbocycles. The molecule has 5 heteroatoms. The first kappa shape index (κ1) is 16.7. The molecule has 2 N–H and O–H groups in total. The molecule has 0 saturated carbocycles. The maximum atomic E-state index is 12.4. The van der Waals surface area contributed by atoms with E-state index in [2.05, 4.69) is 0 Å². The van der Waals surface area contributed by atoms with Gasteiger partial charge in [0.05, 0.1) is 5.56 Å². The highest BCUT2D eigenvalue weighted by Gasteiger charge is 2.29. The fourth-order valence-electron chi connectivity index (χ4n) is 1.95. The van der Waals surface area contributed by atoms with Crippen molar-refractivity contribution < 1.29 is 18.0 Å². The van der Waals surface area contributed by atoms with Gasteiger partial charge in [-0.05, 0) is 37.1 Å². The Morgan fingerprint density at radius 2 is 1.60 bits per heavy atom. The second kappa shape index (κ2) is 8.04. The number of unbranched alkanes of at least 4 members (excludes halogenated alkanes) is 3. The molecule has 0 fully saturated rings. The smallest absolute Gasteiger partial charge is 0.330 e. The van der Waals surface area contributed by atoms with E-state index in [1.54, 1.807) is 0 Å². The summed E-state index contributed by atoms with van der Waals surface area (Å²) in [6, 6.07) is 4.78. The van der Waals surface area contributed by atoms with E-state index in [1.165, 1.54) is 12.1 Å². The molecule has 0 saturated heterocycles. The standard InChI is InChI=1S/C15H20F3NO/c16-15(17,18)13-8-6-12(7-9-13)11-14(20)5-3-1-2-4-10-19/h6-9H,1-5,10-11,19H2. The lowest BCUT2D eigenvalue weighted by Crippen LogP contribution is -2.06. The maximum absolute atomic E-state index is 12.4. The van der Waals surface area contributed by atoms with Crippen molar-refractivity contribution in [3.8, 4) is 0 Å². The van der Waals surface area contributed by atoms with E-state index in [-0.39, 0.29) is 12.2 Å². The van der Waals surface area contributed by atoms with Gasteiger partial charge < -0.3 is 5.73 Å². The molecule has 0 bridgehead atoms. The van der Waals surface area contributed by atoms with Crippen LogP contribution in [0.5, 0.6) is 0 Å². The molecular formula is C15H20F3NO. The normalized spacial score (nSPS) is 11.6. The van der Waals surface area contributed by atoms with Crippen LogP contribution in [0.3, 0.4) is 0 Å². The maximum Gasteiger partial charge on any atom is 0.416 e. The van der Waals surface area contributed by atoms with Crippen molar-refractivity contribution in [1.29, 1.82) is 0 Å². The van der Waals surface area contributed by atoms with Crippen LogP contribution in [0.2, 0.25) is 0 Å². The summed E-state index contributed by atoms with van der Waals surface area (Å²) >= 11 is 0. The van der Waals surface area contributed by atoms with Crippen LogP contribution in [-0.2, 0) is 17.4 Å². The minimum absolute atomic E-state index is 0.0671. The summed E-state index contributed by atoms with van der Waals surface area (Å²) in [4.78, 5) is 11.7. The van der Waals surface area contributed by atoms with Gasteiger partial charge in [-0.15, -0.1) is 0 Å². The van der Waals surface area contributed by atoms with Crippen molar-refractivity contribution in [3.05, 3.63) is 35.4 Å². The monoisotopic (exact) mass is 287 g/mol. The van der Waals surface area contributed by atoms with E-state index in [0.717, 1.165) is 37.8 Å². The van der Waals surface area contributed by atoms with E-state index in [4.69, 9.17) is 5.73 Å². The van der Waals surface area contributed by atoms with Crippen LogP contribution in [-0.4, -0.2) is 12.3 Å². The van der Waals surface area contributed by atoms with Crippen LogP contribution in [0.15, 0.2) is 24.3 Å². The fraction of sp³-hybridized carbons (Fsp3) is 0.533. The highest BCUT2D eigenvalue weighted by atomic mass is 19.4. The van der Waals surface area contributed by atoms with Crippen molar-refractivity contribution in [2.45, 2.75) is 44.7 Å². The zero-order valence-electron chi connectivity index (χ0n) is 11.4. The summed E-state index contributed by atoms with van der Waals surface area (Å²) in [5.74, 6) is 0.0671. The molecule has 1 rings (SSSR count). The van der Waals surface area contributed by atoms with Crippen molar-refractivity contribution in [1.82, 2.24) is 0 Å². The van der Waals surface area contributed by atoms with Gasteiger partial charge in [0.2, 0.25) is 0 Å². The molecule has 0 amide bonds. The molecule has 0 aliphatic carbocycles. The molecule has 0 atom stereocenters. The Hall–Kier alpha value is -1.36. The van der Waals surface area contributed by atoms with Gasteiger partial charge in [-0.3, -0.25) is 4.79 Å². The lowest BCUT2D eigenvalue weighted by Gasteiger charge is -2.07. The zero-order valence-corrected chi connectivity index (χ0v) is 11.4. The van der Waals surface area contributed by atoms with E-state index in [9.17, 15) is 18.0 Å². The lowest BCUT2D eigenvalue weighted by molar-refractivity contribution is -0.137. The van der Waals surface area contributed by atoms with Gasteiger partial charge in [-0.2, -0.15) is 13.2 Å². The Bertz CT molecular complexity index is 412. The fourth-order valence-corrected chi connectivity index (χ4v) is 1.95. The van der Waals surface area contributed by atoms with E-state index < -0.39 is 11.7 Å². The van der Waals surface area contributed by atoms with E-state index in [1.807, 2.05) is 0 Å². The molecule has 0 radical (unpaired) electrons. The molecule has 2 nitrogen and oxygen atoms in total. The Balaban J connectivity index is 2.35. The summed E-state index contributed by atoms with van der Waals surface area (Å²) in [6.45, 7) is 0.666. The average Bonchev–Trinajstić information content (AvgIpc) is 2.38. The van der Waals surface area contributed by atoms with Crippen LogP contribution < -0.4 is 5.73 Å². The number of benzene rings is 1. The highest BCUT2D eigenvalue weighted by molar-refractivity contribution is 5.80. The molecule has 0 heterocycles. The highest BCUT2D eigenvalue weighted by Crippen LogP contribution is 2.29. The Morgan fingerprint density at radius 1 is 1.00 bits per heavy atom. The number of ketones is 1. The first-order chi connectivity index (χ1) is 9.43. The van der Waals surface area contributed by atoms with Gasteiger partial charge in [-0.25, -0.2) is 0 Å². The summed E-state index contributed by atoms with van der Waals surface area (Å²) in [5.41, 5.74) is 5.31. The Labute approximate surface area is 117 Å². The number of halogens is 3. The van der Waals surface area contributed by atoms with Crippen LogP contribution in [0.4, 0.5) is 13.2 Å². The van der Waals surface area contributed by atoms with Crippen molar-refractivity contribution in [3.63, 3.8) is 0 Å². The first-order valence-electron chi connectivity index (χ1n) is 6.81. The number of carbonyl (C=O) groups is 1. The molecule has 0 unspecified atom stereocenters.